The molecule has 0 radical (unpaired) electrons. The number of halogens is 1. The molecule has 18 heavy (non-hydrogen) atoms. The molecule has 0 saturated heterocycles. The van der Waals surface area contributed by atoms with Crippen LogP contribution in [0.2, 0.25) is 5.02 Å². The summed E-state index contributed by atoms with van der Waals surface area (Å²) in [5.41, 5.74) is 3.17. The lowest BCUT2D eigenvalue weighted by Crippen LogP contribution is -2.04. The molecule has 1 N–H and O–H groups in total. The Kier molecular flexibility index (Phi) is 4.85. The van der Waals surface area contributed by atoms with Gasteiger partial charge in [0.15, 0.2) is 0 Å². The van der Waals surface area contributed by atoms with Gasteiger partial charge in [-0.25, -0.2) is 0 Å². The lowest BCUT2D eigenvalue weighted by molar-refractivity contribution is 0.209. The van der Waals surface area contributed by atoms with E-state index in [1.54, 1.807) is 0 Å². The molecule has 1 aliphatic carbocycles. The van der Waals surface area contributed by atoms with Crippen molar-refractivity contribution in [3.8, 4) is 0 Å². The fourth-order valence-corrected chi connectivity index (χ4v) is 2.63. The zero-order valence-corrected chi connectivity index (χ0v) is 11.7. The quantitative estimate of drug-likeness (QED) is 0.749. The van der Waals surface area contributed by atoms with Crippen LogP contribution in [0, 0.1) is 6.92 Å². The molecule has 0 heterocycles. The first-order valence-corrected chi connectivity index (χ1v) is 7.19. The third-order valence-electron chi connectivity index (χ3n) is 3.68. The Labute approximate surface area is 114 Å². The highest BCUT2D eigenvalue weighted by molar-refractivity contribution is 6.31. The van der Waals surface area contributed by atoms with Gasteiger partial charge in [-0.2, -0.15) is 0 Å². The van der Waals surface area contributed by atoms with Crippen LogP contribution in [0.15, 0.2) is 29.8 Å². The van der Waals surface area contributed by atoms with Crippen LogP contribution in [0.1, 0.15) is 55.8 Å². The van der Waals surface area contributed by atoms with Crippen LogP contribution in [0.5, 0.6) is 0 Å². The summed E-state index contributed by atoms with van der Waals surface area (Å²) in [6.45, 7) is 1.98. The first-order chi connectivity index (χ1) is 8.68. The van der Waals surface area contributed by atoms with Crippen molar-refractivity contribution in [1.29, 1.82) is 0 Å². The van der Waals surface area contributed by atoms with Crippen molar-refractivity contribution in [2.45, 2.75) is 51.6 Å². The molecular weight excluding hydrogens is 244 g/mol. The van der Waals surface area contributed by atoms with Crippen LogP contribution < -0.4 is 0 Å². The van der Waals surface area contributed by atoms with Crippen molar-refractivity contribution in [3.05, 3.63) is 46.0 Å². The second-order valence-corrected chi connectivity index (χ2v) is 5.55. The van der Waals surface area contributed by atoms with Gasteiger partial charge in [-0.1, -0.05) is 42.7 Å². The van der Waals surface area contributed by atoms with Crippen LogP contribution in [-0.2, 0) is 0 Å². The van der Waals surface area contributed by atoms with Crippen molar-refractivity contribution >= 4 is 11.6 Å². The Morgan fingerprint density at radius 1 is 1.17 bits per heavy atom. The standard InChI is InChI=1S/C16H21ClO/c1-12-11-14(9-10-15(12)17)16(18)13-7-5-3-2-4-6-8-13/h7,9-11,16,18H,2-6,8H2,1H3/b13-7+. The molecule has 0 amide bonds. The minimum absolute atomic E-state index is 0.459. The SMILES string of the molecule is Cc1cc(C(O)/C2=C/CCCCCC2)ccc1Cl. The number of aryl methyl sites for hydroxylation is 1. The molecule has 1 aromatic carbocycles. The van der Waals surface area contributed by atoms with Crippen LogP contribution in [0.25, 0.3) is 0 Å². The van der Waals surface area contributed by atoms with Crippen molar-refractivity contribution in [2.75, 3.05) is 0 Å². The smallest absolute Gasteiger partial charge is 0.100 e. The molecule has 1 aromatic rings. The number of rotatable bonds is 2. The van der Waals surface area contributed by atoms with E-state index in [0.717, 1.165) is 29.0 Å². The Hall–Kier alpha value is -0.790. The van der Waals surface area contributed by atoms with Crippen LogP contribution in [0.3, 0.4) is 0 Å². The molecule has 2 heteroatoms. The van der Waals surface area contributed by atoms with E-state index in [9.17, 15) is 5.11 Å². The number of hydrogen-bond acceptors (Lipinski definition) is 1. The number of aliphatic hydroxyl groups is 1. The fraction of sp³-hybridized carbons (Fsp3) is 0.500. The van der Waals surface area contributed by atoms with Crippen molar-refractivity contribution in [2.24, 2.45) is 0 Å². The molecule has 1 nitrogen and oxygen atoms in total. The molecule has 0 aliphatic heterocycles. The van der Waals surface area contributed by atoms with E-state index >= 15 is 0 Å². The second kappa shape index (κ2) is 6.40. The monoisotopic (exact) mass is 264 g/mol. The van der Waals surface area contributed by atoms with E-state index in [2.05, 4.69) is 6.08 Å². The first-order valence-electron chi connectivity index (χ1n) is 6.81. The zero-order valence-electron chi connectivity index (χ0n) is 11.0. The summed E-state index contributed by atoms with van der Waals surface area (Å²) in [6, 6.07) is 5.80. The van der Waals surface area contributed by atoms with Crippen LogP contribution in [0.4, 0.5) is 0 Å². The normalized spacial score (nSPS) is 21.6. The van der Waals surface area contributed by atoms with Crippen molar-refractivity contribution in [3.63, 3.8) is 0 Å². The molecule has 0 bridgehead atoms. The second-order valence-electron chi connectivity index (χ2n) is 5.14. The molecule has 2 rings (SSSR count). The molecule has 1 atom stereocenters. The predicted octanol–water partition coefficient (Wildman–Crippen LogP) is 4.96. The third kappa shape index (κ3) is 3.37. The molecule has 1 unspecified atom stereocenters. The van der Waals surface area contributed by atoms with Gasteiger partial charge in [-0.3, -0.25) is 0 Å². The highest BCUT2D eigenvalue weighted by atomic mass is 35.5. The summed E-state index contributed by atoms with van der Waals surface area (Å²) in [4.78, 5) is 0. The van der Waals surface area contributed by atoms with E-state index in [1.165, 1.54) is 31.3 Å². The predicted molar refractivity (Wildman–Crippen MR) is 76.9 cm³/mol. The van der Waals surface area contributed by atoms with Crippen molar-refractivity contribution < 1.29 is 5.11 Å². The molecule has 0 aromatic heterocycles. The third-order valence-corrected chi connectivity index (χ3v) is 4.10. The van der Waals surface area contributed by atoms with Gasteiger partial charge in [0.05, 0.1) is 0 Å². The van der Waals surface area contributed by atoms with Crippen LogP contribution >= 0.6 is 11.6 Å². The topological polar surface area (TPSA) is 20.2 Å². The van der Waals surface area contributed by atoms with Crippen LogP contribution in [-0.4, -0.2) is 5.11 Å². The summed E-state index contributed by atoms with van der Waals surface area (Å²) >= 11 is 6.02. The summed E-state index contributed by atoms with van der Waals surface area (Å²) in [5.74, 6) is 0. The van der Waals surface area contributed by atoms with Gasteiger partial charge in [0.1, 0.15) is 6.10 Å². The van der Waals surface area contributed by atoms with Gasteiger partial charge < -0.3 is 5.11 Å². The van der Waals surface area contributed by atoms with E-state index in [4.69, 9.17) is 11.6 Å². The largest absolute Gasteiger partial charge is 0.384 e. The molecule has 0 fully saturated rings. The fourth-order valence-electron chi connectivity index (χ4n) is 2.52. The zero-order chi connectivity index (χ0) is 13.0. The van der Waals surface area contributed by atoms with Gasteiger partial charge in [-0.05, 0) is 55.4 Å². The van der Waals surface area contributed by atoms with Gasteiger partial charge in [0, 0.05) is 5.02 Å². The number of benzene rings is 1. The Morgan fingerprint density at radius 3 is 2.72 bits per heavy atom. The number of hydrogen-bond donors (Lipinski definition) is 1. The van der Waals surface area contributed by atoms with Gasteiger partial charge in [0.25, 0.3) is 0 Å². The summed E-state index contributed by atoms with van der Waals surface area (Å²) in [7, 11) is 0. The van der Waals surface area contributed by atoms with Gasteiger partial charge >= 0.3 is 0 Å². The summed E-state index contributed by atoms with van der Waals surface area (Å²) < 4.78 is 0. The summed E-state index contributed by atoms with van der Waals surface area (Å²) in [5, 5.41) is 11.2. The van der Waals surface area contributed by atoms with E-state index in [0.29, 0.717) is 0 Å². The maximum atomic E-state index is 10.5. The first kappa shape index (κ1) is 13.6. The van der Waals surface area contributed by atoms with E-state index in [1.807, 2.05) is 25.1 Å². The minimum atomic E-state index is -0.459. The highest BCUT2D eigenvalue weighted by Gasteiger charge is 2.14. The Balaban J connectivity index is 2.18. The highest BCUT2D eigenvalue weighted by Crippen LogP contribution is 2.30. The maximum absolute atomic E-state index is 10.5. The molecule has 0 saturated carbocycles. The average Bonchev–Trinajstić information content (AvgIpc) is 2.31. The lowest BCUT2D eigenvalue weighted by Gasteiger charge is -2.18. The van der Waals surface area contributed by atoms with Gasteiger partial charge in [0.2, 0.25) is 0 Å². The number of allylic oxidation sites excluding steroid dienone is 1. The van der Waals surface area contributed by atoms with Crippen molar-refractivity contribution in [1.82, 2.24) is 0 Å². The summed E-state index contributed by atoms with van der Waals surface area (Å²) in [6.07, 6.45) is 8.92. The maximum Gasteiger partial charge on any atom is 0.100 e. The van der Waals surface area contributed by atoms with E-state index in [-0.39, 0.29) is 0 Å². The van der Waals surface area contributed by atoms with Gasteiger partial charge in [-0.15, -0.1) is 0 Å². The molecule has 1 aliphatic rings. The number of aliphatic hydroxyl groups excluding tert-OH is 1. The minimum Gasteiger partial charge on any atom is -0.384 e. The molecular formula is C16H21ClO. The Morgan fingerprint density at radius 2 is 1.94 bits per heavy atom. The molecule has 0 spiro atoms. The average molecular weight is 265 g/mol. The Bertz CT molecular complexity index is 437. The molecule has 98 valence electrons. The van der Waals surface area contributed by atoms with E-state index < -0.39 is 6.10 Å². The lowest BCUT2D eigenvalue weighted by atomic mass is 9.92.